The van der Waals surface area contributed by atoms with Gasteiger partial charge in [0.15, 0.2) is 5.82 Å². The van der Waals surface area contributed by atoms with Crippen LogP contribution in [0.3, 0.4) is 0 Å². The van der Waals surface area contributed by atoms with Crippen LogP contribution in [-0.4, -0.2) is 20.8 Å². The number of nitrogens with two attached hydrogens (primary N) is 1. The Kier molecular flexibility index (Phi) is 7.36. The first-order valence-corrected chi connectivity index (χ1v) is 10.3. The Balaban J connectivity index is 1.92. The van der Waals surface area contributed by atoms with E-state index in [0.29, 0.717) is 25.6 Å². The number of aromatic nitrogens is 3. The second-order valence-electron chi connectivity index (χ2n) is 7.34. The molecule has 0 unspecified atom stereocenters. The monoisotopic (exact) mass is 394 g/mol. The fourth-order valence-corrected chi connectivity index (χ4v) is 3.60. The number of hydrogen-bond donors (Lipinski definition) is 1. The summed E-state index contributed by atoms with van der Waals surface area (Å²) in [5.41, 5.74) is 11.4. The van der Waals surface area contributed by atoms with Gasteiger partial charge in [0.25, 0.3) is 0 Å². The summed E-state index contributed by atoms with van der Waals surface area (Å²) >= 11 is 0. The predicted octanol–water partition coefficient (Wildman–Crippen LogP) is 4.36. The number of fused-ring (bicyclic) bond motifs is 1. The van der Waals surface area contributed by atoms with Crippen molar-refractivity contribution in [2.45, 2.75) is 65.7 Å². The van der Waals surface area contributed by atoms with Crippen LogP contribution in [0.25, 0.3) is 11.0 Å². The molecule has 3 aromatic rings. The van der Waals surface area contributed by atoms with Gasteiger partial charge in [-0.2, -0.15) is 0 Å². The third-order valence-corrected chi connectivity index (χ3v) is 5.19. The molecule has 29 heavy (non-hydrogen) atoms. The number of benzene rings is 1. The second-order valence-corrected chi connectivity index (χ2v) is 7.34. The number of nitrogen functional groups attached to an aromatic ring is 1. The Labute approximate surface area is 172 Å². The molecule has 1 aromatic carbocycles. The van der Waals surface area contributed by atoms with Crippen LogP contribution in [0.2, 0.25) is 0 Å². The van der Waals surface area contributed by atoms with Crippen LogP contribution in [-0.2, 0) is 35.7 Å². The Hall–Kier alpha value is -2.73. The fourth-order valence-electron chi connectivity index (χ4n) is 3.60. The smallest absolute Gasteiger partial charge is 0.151 e. The van der Waals surface area contributed by atoms with Crippen molar-refractivity contribution in [2.24, 2.45) is 0 Å². The number of carbonyl (C=O) groups is 1. The van der Waals surface area contributed by atoms with Crippen molar-refractivity contribution >= 4 is 23.1 Å². The number of ether oxygens (including phenoxy) is 1. The molecule has 6 heteroatoms. The first-order chi connectivity index (χ1) is 14.2. The highest BCUT2D eigenvalue weighted by Crippen LogP contribution is 2.29. The molecule has 2 heterocycles. The fraction of sp³-hybridized carbons (Fsp3) is 0.435. The summed E-state index contributed by atoms with van der Waals surface area (Å²) < 4.78 is 8.04. The van der Waals surface area contributed by atoms with E-state index in [1.54, 1.807) is 0 Å². The van der Waals surface area contributed by atoms with Crippen molar-refractivity contribution in [1.82, 2.24) is 14.5 Å². The van der Waals surface area contributed by atoms with E-state index in [0.717, 1.165) is 72.1 Å². The number of rotatable bonds is 11. The van der Waals surface area contributed by atoms with E-state index in [9.17, 15) is 4.79 Å². The van der Waals surface area contributed by atoms with Crippen molar-refractivity contribution in [1.29, 1.82) is 0 Å². The molecule has 0 amide bonds. The number of hydrogen-bond acceptors (Lipinski definition) is 5. The standard InChI is InChI=1S/C23H30N4O2/c1-3-4-13-20-25-21-19(12-8-9-14-28)17(2)27(22(21)23(24)26-20)16-29-15-18-10-6-5-7-11-18/h5-7,10-11,14H,3-4,8-9,12-13,15-16H2,1-2H3,(H2,24,25,26). The molecule has 0 aliphatic heterocycles. The lowest BCUT2D eigenvalue weighted by atomic mass is 10.1. The number of aldehydes is 1. The Morgan fingerprint density at radius 3 is 2.66 bits per heavy atom. The van der Waals surface area contributed by atoms with E-state index < -0.39 is 0 Å². The number of carbonyl (C=O) groups excluding carboxylic acids is 1. The number of nitrogens with zero attached hydrogens (tertiary/aromatic N) is 3. The quantitative estimate of drug-likeness (QED) is 0.386. The van der Waals surface area contributed by atoms with Crippen LogP contribution in [0, 0.1) is 6.92 Å². The number of unbranched alkanes of at least 4 members (excludes halogenated alkanes) is 2. The topological polar surface area (TPSA) is 83.0 Å². The van der Waals surface area contributed by atoms with Gasteiger partial charge in [0.05, 0.1) is 12.1 Å². The summed E-state index contributed by atoms with van der Waals surface area (Å²) in [4.78, 5) is 20.2. The van der Waals surface area contributed by atoms with Crippen LogP contribution >= 0.6 is 0 Å². The summed E-state index contributed by atoms with van der Waals surface area (Å²) in [6, 6.07) is 10.1. The zero-order chi connectivity index (χ0) is 20.6. The third-order valence-electron chi connectivity index (χ3n) is 5.19. The molecule has 0 radical (unpaired) electrons. The molecule has 0 saturated heterocycles. The van der Waals surface area contributed by atoms with Crippen molar-refractivity contribution in [3.8, 4) is 0 Å². The first kappa shape index (κ1) is 21.0. The van der Waals surface area contributed by atoms with Crippen LogP contribution in [0.1, 0.15) is 55.3 Å². The van der Waals surface area contributed by atoms with E-state index >= 15 is 0 Å². The highest BCUT2D eigenvalue weighted by molar-refractivity contribution is 5.89. The largest absolute Gasteiger partial charge is 0.382 e. The van der Waals surface area contributed by atoms with Crippen molar-refractivity contribution in [3.05, 3.63) is 53.0 Å². The molecule has 0 saturated carbocycles. The van der Waals surface area contributed by atoms with Crippen LogP contribution < -0.4 is 5.73 Å². The van der Waals surface area contributed by atoms with Gasteiger partial charge in [0, 0.05) is 18.5 Å². The van der Waals surface area contributed by atoms with E-state index in [1.807, 2.05) is 30.3 Å². The maximum absolute atomic E-state index is 10.8. The average Bonchev–Trinajstić information content (AvgIpc) is 2.99. The molecular formula is C23H30N4O2. The summed E-state index contributed by atoms with van der Waals surface area (Å²) in [6.45, 7) is 5.12. The van der Waals surface area contributed by atoms with Gasteiger partial charge in [-0.05, 0) is 37.3 Å². The third kappa shape index (κ3) is 5.01. The Morgan fingerprint density at radius 1 is 1.14 bits per heavy atom. The summed E-state index contributed by atoms with van der Waals surface area (Å²) in [7, 11) is 0. The molecule has 3 rings (SSSR count). The minimum atomic E-state index is 0.382. The van der Waals surface area contributed by atoms with Crippen LogP contribution in [0.4, 0.5) is 5.82 Å². The molecule has 0 aliphatic rings. The van der Waals surface area contributed by atoms with E-state index in [2.05, 4.69) is 23.4 Å². The molecule has 2 aromatic heterocycles. The molecule has 0 fully saturated rings. The van der Waals surface area contributed by atoms with Gasteiger partial charge >= 0.3 is 0 Å². The molecule has 0 aliphatic carbocycles. The molecule has 0 atom stereocenters. The maximum Gasteiger partial charge on any atom is 0.151 e. The van der Waals surface area contributed by atoms with E-state index in [1.165, 1.54) is 0 Å². The summed E-state index contributed by atoms with van der Waals surface area (Å²) in [6.07, 6.45) is 6.03. The first-order valence-electron chi connectivity index (χ1n) is 10.3. The predicted molar refractivity (Wildman–Crippen MR) is 116 cm³/mol. The minimum absolute atomic E-state index is 0.382. The molecule has 0 bridgehead atoms. The Bertz CT molecular complexity index is 951. The van der Waals surface area contributed by atoms with Gasteiger partial charge in [-0.25, -0.2) is 9.97 Å². The molecule has 2 N–H and O–H groups in total. The van der Waals surface area contributed by atoms with Gasteiger partial charge in [0.1, 0.15) is 24.4 Å². The lowest BCUT2D eigenvalue weighted by molar-refractivity contribution is -0.107. The van der Waals surface area contributed by atoms with Crippen molar-refractivity contribution in [2.75, 3.05) is 5.73 Å². The minimum Gasteiger partial charge on any atom is -0.382 e. The SMILES string of the molecule is CCCCc1nc(N)c2c(n1)c(CCCC=O)c(C)n2COCc1ccccc1. The van der Waals surface area contributed by atoms with Gasteiger partial charge in [-0.1, -0.05) is 43.7 Å². The maximum atomic E-state index is 10.8. The van der Waals surface area contributed by atoms with Gasteiger partial charge in [0.2, 0.25) is 0 Å². The number of anilines is 1. The molecule has 6 nitrogen and oxygen atoms in total. The second kappa shape index (κ2) is 10.2. The highest BCUT2D eigenvalue weighted by Gasteiger charge is 2.19. The Morgan fingerprint density at radius 2 is 1.93 bits per heavy atom. The number of aryl methyl sites for hydroxylation is 2. The lowest BCUT2D eigenvalue weighted by Crippen LogP contribution is -2.08. The lowest BCUT2D eigenvalue weighted by Gasteiger charge is -2.11. The van der Waals surface area contributed by atoms with Gasteiger partial charge < -0.3 is 19.8 Å². The highest BCUT2D eigenvalue weighted by atomic mass is 16.5. The van der Waals surface area contributed by atoms with Crippen LogP contribution in [0.5, 0.6) is 0 Å². The zero-order valence-electron chi connectivity index (χ0n) is 17.4. The van der Waals surface area contributed by atoms with Crippen molar-refractivity contribution in [3.63, 3.8) is 0 Å². The van der Waals surface area contributed by atoms with Crippen LogP contribution in [0.15, 0.2) is 30.3 Å². The summed E-state index contributed by atoms with van der Waals surface area (Å²) in [5, 5.41) is 0. The normalized spacial score (nSPS) is 11.2. The zero-order valence-corrected chi connectivity index (χ0v) is 17.4. The average molecular weight is 395 g/mol. The molecule has 154 valence electrons. The van der Waals surface area contributed by atoms with Gasteiger partial charge in [-0.3, -0.25) is 0 Å². The van der Waals surface area contributed by atoms with E-state index in [-0.39, 0.29) is 0 Å². The molecular weight excluding hydrogens is 364 g/mol. The van der Waals surface area contributed by atoms with Gasteiger partial charge in [-0.15, -0.1) is 0 Å². The van der Waals surface area contributed by atoms with E-state index in [4.69, 9.17) is 15.5 Å². The van der Waals surface area contributed by atoms with Crippen molar-refractivity contribution < 1.29 is 9.53 Å². The summed E-state index contributed by atoms with van der Waals surface area (Å²) in [5.74, 6) is 1.28. The molecule has 0 spiro atoms.